The third-order valence-corrected chi connectivity index (χ3v) is 5.47. The molecule has 8 heteroatoms. The Kier molecular flexibility index (Phi) is 6.30. The number of rotatable bonds is 5. The lowest BCUT2D eigenvalue weighted by atomic mass is 9.98. The number of nitrogens with zero attached hydrogens (tertiary/aromatic N) is 3. The van der Waals surface area contributed by atoms with Gasteiger partial charge in [0.1, 0.15) is 17.3 Å². The molecule has 1 amide bonds. The molecule has 2 aromatic carbocycles. The fourth-order valence-corrected chi connectivity index (χ4v) is 3.85. The van der Waals surface area contributed by atoms with Crippen molar-refractivity contribution in [2.24, 2.45) is 5.92 Å². The lowest BCUT2D eigenvalue weighted by Gasteiger charge is -2.31. The van der Waals surface area contributed by atoms with Crippen molar-refractivity contribution < 1.29 is 23.1 Å². The topological polar surface area (TPSA) is 64.4 Å². The van der Waals surface area contributed by atoms with Crippen molar-refractivity contribution in [1.29, 1.82) is 0 Å². The summed E-state index contributed by atoms with van der Waals surface area (Å²) in [5.74, 6) is -1.73. The minimum atomic E-state index is -0.402. The minimum absolute atomic E-state index is 0.262. The molecule has 166 valence electrons. The number of hydrogen-bond donors (Lipinski definition) is 0. The van der Waals surface area contributed by atoms with E-state index >= 15 is 0 Å². The van der Waals surface area contributed by atoms with Crippen LogP contribution in [0.1, 0.15) is 30.3 Å². The van der Waals surface area contributed by atoms with Crippen LogP contribution in [-0.4, -0.2) is 46.3 Å². The highest BCUT2D eigenvalue weighted by Crippen LogP contribution is 2.25. The quantitative estimate of drug-likeness (QED) is 0.558. The molecule has 32 heavy (non-hydrogen) atoms. The first-order valence-electron chi connectivity index (χ1n) is 10.5. The molecule has 0 saturated carbocycles. The summed E-state index contributed by atoms with van der Waals surface area (Å²) >= 11 is 0. The number of amides is 1. The molecule has 0 bridgehead atoms. The van der Waals surface area contributed by atoms with Crippen LogP contribution in [0.15, 0.2) is 54.6 Å². The number of halogens is 2. The molecule has 2 heterocycles. The van der Waals surface area contributed by atoms with Crippen LogP contribution in [0.25, 0.3) is 16.9 Å². The van der Waals surface area contributed by atoms with Gasteiger partial charge in [0.15, 0.2) is 0 Å². The van der Waals surface area contributed by atoms with Crippen molar-refractivity contribution >= 4 is 11.9 Å². The van der Waals surface area contributed by atoms with Crippen molar-refractivity contribution in [3.8, 4) is 16.9 Å². The zero-order valence-electron chi connectivity index (χ0n) is 17.6. The maximum Gasteiger partial charge on any atom is 0.310 e. The second-order valence-electron chi connectivity index (χ2n) is 7.65. The van der Waals surface area contributed by atoms with Crippen molar-refractivity contribution in [3.05, 3.63) is 71.9 Å². The smallest absolute Gasteiger partial charge is 0.310 e. The molecular weight excluding hydrogens is 416 g/mol. The Morgan fingerprint density at radius 3 is 2.38 bits per heavy atom. The molecule has 1 atom stereocenters. The van der Waals surface area contributed by atoms with Crippen LogP contribution in [0.4, 0.5) is 8.78 Å². The number of ether oxygens (including phenoxy) is 1. The Bertz CT molecular complexity index is 1110. The molecule has 6 nitrogen and oxygen atoms in total. The Labute approximate surface area is 184 Å². The normalized spacial score (nSPS) is 16.1. The lowest BCUT2D eigenvalue weighted by molar-refractivity contribution is -0.149. The summed E-state index contributed by atoms with van der Waals surface area (Å²) in [7, 11) is 0. The molecule has 1 aliphatic rings. The number of aromatic nitrogens is 2. The molecule has 1 saturated heterocycles. The molecular formula is C24H23F2N3O3. The minimum Gasteiger partial charge on any atom is -0.466 e. The molecule has 3 aromatic rings. The zero-order valence-corrected chi connectivity index (χ0v) is 17.6. The van der Waals surface area contributed by atoms with E-state index < -0.39 is 5.82 Å². The molecule has 1 fully saturated rings. The van der Waals surface area contributed by atoms with E-state index in [4.69, 9.17) is 4.74 Å². The van der Waals surface area contributed by atoms with Gasteiger partial charge in [0.2, 0.25) is 0 Å². The van der Waals surface area contributed by atoms with Gasteiger partial charge >= 0.3 is 5.97 Å². The summed E-state index contributed by atoms with van der Waals surface area (Å²) < 4.78 is 33.4. The second kappa shape index (κ2) is 9.30. The molecule has 0 N–H and O–H groups in total. The van der Waals surface area contributed by atoms with Gasteiger partial charge in [0.25, 0.3) is 5.91 Å². The van der Waals surface area contributed by atoms with E-state index in [1.165, 1.54) is 41.1 Å². The highest BCUT2D eigenvalue weighted by Gasteiger charge is 2.31. The van der Waals surface area contributed by atoms with Crippen LogP contribution in [0.2, 0.25) is 0 Å². The van der Waals surface area contributed by atoms with Crippen LogP contribution < -0.4 is 0 Å². The Balaban J connectivity index is 1.69. The van der Waals surface area contributed by atoms with Gasteiger partial charge < -0.3 is 9.64 Å². The number of piperidine rings is 1. The first kappa shape index (κ1) is 21.7. The average molecular weight is 439 g/mol. The van der Waals surface area contributed by atoms with Crippen LogP contribution >= 0.6 is 0 Å². The Morgan fingerprint density at radius 1 is 1.06 bits per heavy atom. The monoisotopic (exact) mass is 439 g/mol. The fourth-order valence-electron chi connectivity index (χ4n) is 3.85. The number of carbonyl (C=O) groups excluding carboxylic acids is 2. The van der Waals surface area contributed by atoms with E-state index in [2.05, 4.69) is 5.10 Å². The predicted molar refractivity (Wildman–Crippen MR) is 114 cm³/mol. The average Bonchev–Trinajstić information content (AvgIpc) is 3.25. The number of benzene rings is 2. The largest absolute Gasteiger partial charge is 0.466 e. The first-order valence-corrected chi connectivity index (χ1v) is 10.5. The summed E-state index contributed by atoms with van der Waals surface area (Å²) in [5.41, 5.74) is 1.92. The van der Waals surface area contributed by atoms with E-state index in [1.807, 2.05) is 0 Å². The zero-order chi connectivity index (χ0) is 22.7. The third kappa shape index (κ3) is 4.54. The summed E-state index contributed by atoms with van der Waals surface area (Å²) in [5, 5.41) is 4.54. The molecule has 0 spiro atoms. The third-order valence-electron chi connectivity index (χ3n) is 5.47. The Morgan fingerprint density at radius 2 is 1.72 bits per heavy atom. The first-order chi connectivity index (χ1) is 15.5. The Hall–Kier alpha value is -3.55. The number of likely N-dealkylation sites (tertiary alicyclic amines) is 1. The SMILES string of the molecule is CCOC(=O)C1CCCN(C(=O)c2cc(-c3ccc(F)cc3)nn2-c2ccc(F)cc2)C1. The molecule has 0 radical (unpaired) electrons. The van der Waals surface area contributed by atoms with Gasteiger partial charge in [0, 0.05) is 18.7 Å². The molecule has 1 aromatic heterocycles. The molecule has 0 aliphatic carbocycles. The van der Waals surface area contributed by atoms with Gasteiger partial charge in [-0.2, -0.15) is 5.10 Å². The predicted octanol–water partition coefficient (Wildman–Crippen LogP) is 4.23. The highest BCUT2D eigenvalue weighted by atomic mass is 19.1. The van der Waals surface area contributed by atoms with Gasteiger partial charge in [0.05, 0.1) is 23.9 Å². The molecule has 1 aliphatic heterocycles. The summed E-state index contributed by atoms with van der Waals surface area (Å²) in [6.07, 6.45) is 1.35. The molecule has 4 rings (SSSR count). The van der Waals surface area contributed by atoms with E-state index in [0.717, 1.165) is 0 Å². The molecule has 1 unspecified atom stereocenters. The van der Waals surface area contributed by atoms with Gasteiger partial charge in [-0.15, -0.1) is 0 Å². The van der Waals surface area contributed by atoms with Crippen molar-refractivity contribution in [2.45, 2.75) is 19.8 Å². The van der Waals surface area contributed by atoms with E-state index in [0.29, 0.717) is 42.9 Å². The highest BCUT2D eigenvalue weighted by molar-refractivity contribution is 5.94. The maximum absolute atomic E-state index is 13.5. The van der Waals surface area contributed by atoms with Crippen molar-refractivity contribution in [1.82, 2.24) is 14.7 Å². The number of hydrogen-bond acceptors (Lipinski definition) is 4. The van der Waals surface area contributed by atoms with Crippen LogP contribution in [0.3, 0.4) is 0 Å². The summed E-state index contributed by atoms with van der Waals surface area (Å²) in [4.78, 5) is 27.3. The van der Waals surface area contributed by atoms with Crippen molar-refractivity contribution in [2.75, 3.05) is 19.7 Å². The van der Waals surface area contributed by atoms with Crippen LogP contribution in [0, 0.1) is 17.6 Å². The van der Waals surface area contributed by atoms with Gasteiger partial charge in [-0.05, 0) is 74.4 Å². The lowest BCUT2D eigenvalue weighted by Crippen LogP contribution is -2.43. The maximum atomic E-state index is 13.5. The van der Waals surface area contributed by atoms with E-state index in [9.17, 15) is 18.4 Å². The fraction of sp³-hybridized carbons (Fsp3) is 0.292. The number of esters is 1. The summed E-state index contributed by atoms with van der Waals surface area (Å²) in [6.45, 7) is 2.82. The summed E-state index contributed by atoms with van der Waals surface area (Å²) in [6, 6.07) is 13.1. The standard InChI is InChI=1S/C24H23F2N3O3/c1-2-32-24(31)17-4-3-13-28(15-17)23(30)22-14-21(16-5-7-18(25)8-6-16)27-29(22)20-11-9-19(26)10-12-20/h5-12,14,17H,2-4,13,15H2,1H3. The van der Waals surface area contributed by atoms with Gasteiger partial charge in [-0.1, -0.05) is 0 Å². The number of carbonyl (C=O) groups is 2. The van der Waals surface area contributed by atoms with Gasteiger partial charge in [-0.25, -0.2) is 13.5 Å². The van der Waals surface area contributed by atoms with E-state index in [1.54, 1.807) is 30.0 Å². The second-order valence-corrected chi connectivity index (χ2v) is 7.65. The van der Waals surface area contributed by atoms with Gasteiger partial charge in [-0.3, -0.25) is 9.59 Å². The van der Waals surface area contributed by atoms with Crippen LogP contribution in [0.5, 0.6) is 0 Å². The van der Waals surface area contributed by atoms with Crippen LogP contribution in [-0.2, 0) is 9.53 Å². The van der Waals surface area contributed by atoms with Crippen molar-refractivity contribution in [3.63, 3.8) is 0 Å². The van der Waals surface area contributed by atoms with E-state index in [-0.39, 0.29) is 35.9 Å².